The van der Waals surface area contributed by atoms with Crippen LogP contribution in [0, 0.1) is 22.5 Å². The van der Waals surface area contributed by atoms with Gasteiger partial charge in [-0.25, -0.2) is 4.52 Å². The van der Waals surface area contributed by atoms with Gasteiger partial charge in [0.15, 0.2) is 0 Å². The zero-order chi connectivity index (χ0) is 16.2. The molecule has 3 heterocycles. The minimum absolute atomic E-state index is 0.162. The molecule has 6 nitrogen and oxygen atoms in total. The van der Waals surface area contributed by atoms with Crippen LogP contribution in [0.25, 0.3) is 5.52 Å². The Hall–Kier alpha value is -2.11. The fourth-order valence-corrected chi connectivity index (χ4v) is 4.19. The van der Waals surface area contributed by atoms with Crippen LogP contribution in [0.1, 0.15) is 44.0 Å². The van der Waals surface area contributed by atoms with Crippen molar-refractivity contribution in [2.24, 2.45) is 5.41 Å². The number of nitrogens with zero attached hydrogens (tertiary/aromatic N) is 4. The van der Waals surface area contributed by atoms with Crippen LogP contribution in [0.4, 0.5) is 11.4 Å². The highest BCUT2D eigenvalue weighted by atomic mass is 16.6. The smallest absolute Gasteiger partial charge is 0.317 e. The number of rotatable bonds is 3. The molecule has 1 saturated heterocycles. The van der Waals surface area contributed by atoms with Crippen molar-refractivity contribution in [3.8, 4) is 0 Å². The molecule has 1 aliphatic carbocycles. The van der Waals surface area contributed by atoms with Gasteiger partial charge in [0.2, 0.25) is 0 Å². The predicted molar refractivity (Wildman–Crippen MR) is 89.1 cm³/mol. The first-order valence-corrected chi connectivity index (χ1v) is 8.45. The lowest BCUT2D eigenvalue weighted by atomic mass is 9.68. The second-order valence-corrected chi connectivity index (χ2v) is 7.08. The number of anilines is 1. The third-order valence-corrected chi connectivity index (χ3v) is 5.68. The van der Waals surface area contributed by atoms with Crippen molar-refractivity contribution in [3.63, 3.8) is 0 Å². The molecule has 4 rings (SSSR count). The molecule has 0 unspecified atom stereocenters. The van der Waals surface area contributed by atoms with Gasteiger partial charge >= 0.3 is 5.69 Å². The molecule has 2 fully saturated rings. The van der Waals surface area contributed by atoms with Crippen LogP contribution >= 0.6 is 0 Å². The molecule has 0 radical (unpaired) electrons. The SMILES string of the molecule is CCc1nn2c(C)cc(N3CCC4(CCC4)C3)cc2c1[N+](=O)[O-]. The number of aryl methyl sites for hydroxylation is 2. The minimum Gasteiger partial charge on any atom is -0.371 e. The number of nitro groups is 1. The Kier molecular flexibility index (Phi) is 3.11. The maximum atomic E-state index is 11.5. The highest BCUT2D eigenvalue weighted by molar-refractivity contribution is 5.73. The van der Waals surface area contributed by atoms with Gasteiger partial charge in [-0.3, -0.25) is 10.1 Å². The Morgan fingerprint density at radius 2 is 2.13 bits per heavy atom. The van der Waals surface area contributed by atoms with E-state index in [1.54, 1.807) is 4.52 Å². The lowest BCUT2D eigenvalue weighted by Gasteiger charge is -2.38. The van der Waals surface area contributed by atoms with Crippen molar-refractivity contribution >= 4 is 16.9 Å². The molecule has 6 heteroatoms. The molecule has 2 aromatic rings. The maximum absolute atomic E-state index is 11.5. The van der Waals surface area contributed by atoms with E-state index in [2.05, 4.69) is 16.1 Å². The largest absolute Gasteiger partial charge is 0.371 e. The number of pyridine rings is 1. The molecule has 23 heavy (non-hydrogen) atoms. The molecule has 2 aromatic heterocycles. The van der Waals surface area contributed by atoms with Crippen LogP contribution in [0.3, 0.4) is 0 Å². The molecule has 122 valence electrons. The first-order chi connectivity index (χ1) is 11.0. The van der Waals surface area contributed by atoms with Gasteiger partial charge in [-0.05, 0) is 50.2 Å². The quantitative estimate of drug-likeness (QED) is 0.642. The second kappa shape index (κ2) is 4.94. The van der Waals surface area contributed by atoms with E-state index in [9.17, 15) is 10.1 Å². The van der Waals surface area contributed by atoms with Crippen LogP contribution in [0.2, 0.25) is 0 Å². The minimum atomic E-state index is -0.290. The summed E-state index contributed by atoms with van der Waals surface area (Å²) in [5, 5.41) is 15.9. The highest BCUT2D eigenvalue weighted by Gasteiger charge is 2.43. The molecule has 0 atom stereocenters. The van der Waals surface area contributed by atoms with E-state index >= 15 is 0 Å². The van der Waals surface area contributed by atoms with E-state index in [0.717, 1.165) is 24.5 Å². The Morgan fingerprint density at radius 3 is 2.70 bits per heavy atom. The summed E-state index contributed by atoms with van der Waals surface area (Å²) in [5.41, 5.74) is 3.92. The molecule has 1 spiro atoms. The maximum Gasteiger partial charge on any atom is 0.317 e. The van der Waals surface area contributed by atoms with Crippen molar-refractivity contribution in [3.05, 3.63) is 33.6 Å². The van der Waals surface area contributed by atoms with Crippen LogP contribution in [-0.2, 0) is 6.42 Å². The summed E-state index contributed by atoms with van der Waals surface area (Å²) in [5.74, 6) is 0. The van der Waals surface area contributed by atoms with Gasteiger partial charge in [-0.15, -0.1) is 0 Å². The van der Waals surface area contributed by atoms with Crippen LogP contribution in [0.5, 0.6) is 0 Å². The normalized spacial score (nSPS) is 19.5. The first-order valence-electron chi connectivity index (χ1n) is 8.45. The van der Waals surface area contributed by atoms with Gasteiger partial charge < -0.3 is 4.90 Å². The van der Waals surface area contributed by atoms with Gasteiger partial charge in [0, 0.05) is 24.5 Å². The Morgan fingerprint density at radius 1 is 1.35 bits per heavy atom. The number of hydrogen-bond acceptors (Lipinski definition) is 4. The molecule has 1 aliphatic heterocycles. The molecular weight excluding hydrogens is 292 g/mol. The third-order valence-electron chi connectivity index (χ3n) is 5.68. The van der Waals surface area contributed by atoms with Crippen molar-refractivity contribution < 1.29 is 4.92 Å². The zero-order valence-corrected chi connectivity index (χ0v) is 13.7. The molecule has 0 amide bonds. The van der Waals surface area contributed by atoms with Crippen molar-refractivity contribution in [1.29, 1.82) is 0 Å². The van der Waals surface area contributed by atoms with Gasteiger partial charge in [-0.2, -0.15) is 5.10 Å². The second-order valence-electron chi connectivity index (χ2n) is 7.08. The van der Waals surface area contributed by atoms with E-state index < -0.39 is 0 Å². The van der Waals surface area contributed by atoms with Crippen LogP contribution in [0.15, 0.2) is 12.1 Å². The number of hydrogen-bond donors (Lipinski definition) is 0. The van der Waals surface area contributed by atoms with E-state index in [-0.39, 0.29) is 10.6 Å². The van der Waals surface area contributed by atoms with Gasteiger partial charge in [0.25, 0.3) is 0 Å². The summed E-state index contributed by atoms with van der Waals surface area (Å²) in [7, 11) is 0. The van der Waals surface area contributed by atoms with E-state index in [1.165, 1.54) is 25.7 Å². The molecule has 0 aromatic carbocycles. The third kappa shape index (κ3) is 2.11. The van der Waals surface area contributed by atoms with Crippen LogP contribution in [-0.4, -0.2) is 27.6 Å². The Bertz CT molecular complexity index is 791. The molecular formula is C17H22N4O2. The fourth-order valence-electron chi connectivity index (χ4n) is 4.19. The van der Waals surface area contributed by atoms with E-state index in [0.29, 0.717) is 23.0 Å². The number of aromatic nitrogens is 2. The first kappa shape index (κ1) is 14.5. The number of fused-ring (bicyclic) bond motifs is 1. The Labute approximate surface area is 135 Å². The summed E-state index contributed by atoms with van der Waals surface area (Å²) >= 11 is 0. The zero-order valence-electron chi connectivity index (χ0n) is 13.7. The average molecular weight is 314 g/mol. The van der Waals surface area contributed by atoms with Gasteiger partial charge in [0.05, 0.1) is 4.92 Å². The molecule has 1 saturated carbocycles. The summed E-state index contributed by atoms with van der Waals surface area (Å²) in [6.45, 7) is 6.02. The predicted octanol–water partition coefficient (Wildman–Crippen LogP) is 3.49. The van der Waals surface area contributed by atoms with Crippen LogP contribution < -0.4 is 4.90 Å². The summed E-state index contributed by atoms with van der Waals surface area (Å²) in [6.07, 6.45) is 5.83. The van der Waals surface area contributed by atoms with E-state index in [4.69, 9.17) is 0 Å². The topological polar surface area (TPSA) is 63.7 Å². The van der Waals surface area contributed by atoms with Gasteiger partial charge in [0.1, 0.15) is 11.2 Å². The summed E-state index contributed by atoms with van der Waals surface area (Å²) < 4.78 is 1.72. The molecule has 0 N–H and O–H groups in total. The van der Waals surface area contributed by atoms with Crippen molar-refractivity contribution in [2.45, 2.75) is 46.0 Å². The van der Waals surface area contributed by atoms with Crippen molar-refractivity contribution in [2.75, 3.05) is 18.0 Å². The molecule has 2 aliphatic rings. The van der Waals surface area contributed by atoms with Gasteiger partial charge in [-0.1, -0.05) is 13.3 Å². The Balaban J connectivity index is 1.80. The molecule has 0 bridgehead atoms. The summed E-state index contributed by atoms with van der Waals surface area (Å²) in [4.78, 5) is 13.6. The van der Waals surface area contributed by atoms with Crippen molar-refractivity contribution in [1.82, 2.24) is 9.61 Å². The summed E-state index contributed by atoms with van der Waals surface area (Å²) in [6, 6.07) is 4.07. The monoisotopic (exact) mass is 314 g/mol. The average Bonchev–Trinajstić information content (AvgIpc) is 3.08. The lowest BCUT2D eigenvalue weighted by molar-refractivity contribution is -0.383. The fraction of sp³-hybridized carbons (Fsp3) is 0.588. The highest BCUT2D eigenvalue weighted by Crippen LogP contribution is 2.49. The van der Waals surface area contributed by atoms with E-state index in [1.807, 2.05) is 19.9 Å². The lowest BCUT2D eigenvalue weighted by Crippen LogP contribution is -2.33. The standard InChI is InChI=1S/C17H22N4O2/c1-3-14-16(21(22)23)15-10-13(9-12(2)20(15)18-14)19-8-7-17(11-19)5-4-6-17/h9-10H,3-8,11H2,1-2H3.